The van der Waals surface area contributed by atoms with Crippen LogP contribution in [-0.4, -0.2) is 34.5 Å². The molecule has 100 valence electrons. The van der Waals surface area contributed by atoms with Crippen LogP contribution in [0.25, 0.3) is 0 Å². The fraction of sp³-hybridized carbons (Fsp3) is 0.182. The van der Waals surface area contributed by atoms with Crippen molar-refractivity contribution in [1.29, 1.82) is 0 Å². The summed E-state index contributed by atoms with van der Waals surface area (Å²) in [6.07, 6.45) is 0. The van der Waals surface area contributed by atoms with Crippen LogP contribution in [0.5, 0.6) is 5.75 Å². The number of carboxylic acids is 1. The zero-order valence-corrected chi connectivity index (χ0v) is 9.95. The molecule has 0 fully saturated rings. The largest absolute Gasteiger partial charge is 0.598 e. The van der Waals surface area contributed by atoms with Crippen LogP contribution in [0.4, 0.5) is 5.69 Å². The molecule has 1 amide bonds. The molecule has 19 heavy (non-hydrogen) atoms. The molecule has 1 atom stereocenters. The summed E-state index contributed by atoms with van der Waals surface area (Å²) in [6.45, 7) is 1.19. The summed E-state index contributed by atoms with van der Waals surface area (Å²) in [5, 5.41) is 36.3. The van der Waals surface area contributed by atoms with Gasteiger partial charge in [0.25, 0.3) is 11.6 Å². The number of benzene rings is 1. The van der Waals surface area contributed by atoms with E-state index in [1.165, 1.54) is 18.2 Å². The monoisotopic (exact) mass is 265 g/mol. The van der Waals surface area contributed by atoms with Crippen LogP contribution in [0.3, 0.4) is 0 Å². The first-order chi connectivity index (χ1) is 8.83. The van der Waals surface area contributed by atoms with Gasteiger partial charge in [0, 0.05) is 12.1 Å². The highest BCUT2D eigenvalue weighted by Gasteiger charge is 2.34. The van der Waals surface area contributed by atoms with Crippen LogP contribution in [0.1, 0.15) is 5.56 Å². The van der Waals surface area contributed by atoms with Crippen molar-refractivity contribution in [2.24, 2.45) is 5.10 Å². The molecule has 1 unspecified atom stereocenters. The van der Waals surface area contributed by atoms with Crippen LogP contribution >= 0.6 is 0 Å². The molecule has 0 radical (unpaired) electrons. The fourth-order valence-corrected chi connectivity index (χ4v) is 1.65. The fourth-order valence-electron chi connectivity index (χ4n) is 1.65. The minimum Gasteiger partial charge on any atom is -0.598 e. The minimum absolute atomic E-state index is 0.0128. The van der Waals surface area contributed by atoms with Crippen molar-refractivity contribution in [3.8, 4) is 5.75 Å². The maximum Gasteiger partial charge on any atom is 0.365 e. The number of aromatic hydroxyl groups is 1. The number of amides is 1. The van der Waals surface area contributed by atoms with Gasteiger partial charge in [-0.3, -0.25) is 4.79 Å². The summed E-state index contributed by atoms with van der Waals surface area (Å²) in [7, 11) is 0. The SMILES string of the molecule is Cc1cc([N+]2([O-])CNC(=O)C(C(=O)O)=N2)ccc1O. The molecule has 3 N–H and O–H groups in total. The second-order valence-corrected chi connectivity index (χ2v) is 4.09. The van der Waals surface area contributed by atoms with Gasteiger partial charge in [-0.05, 0) is 18.6 Å². The van der Waals surface area contributed by atoms with Crippen LogP contribution in [0, 0.1) is 12.1 Å². The van der Waals surface area contributed by atoms with Crippen LogP contribution in [0.2, 0.25) is 0 Å². The summed E-state index contributed by atoms with van der Waals surface area (Å²) >= 11 is 0. The molecule has 0 bridgehead atoms. The Bertz CT molecular complexity index is 598. The second-order valence-electron chi connectivity index (χ2n) is 4.09. The molecule has 1 aliphatic rings. The highest BCUT2D eigenvalue weighted by molar-refractivity contribution is 6.63. The van der Waals surface area contributed by atoms with Crippen molar-refractivity contribution in [3.63, 3.8) is 0 Å². The summed E-state index contributed by atoms with van der Waals surface area (Å²) in [5.74, 6) is -2.45. The van der Waals surface area contributed by atoms with Gasteiger partial charge in [0.15, 0.2) is 12.4 Å². The standard InChI is InChI=1S/C11H11N3O5/c1-6-4-7(2-3-8(6)15)14(19)5-12-10(16)9(13-14)11(17)18/h2-4,15H,5H2,1H3,(H,12,16)(H,17,18). The number of carbonyl (C=O) groups excluding carboxylic acids is 1. The predicted molar refractivity (Wildman–Crippen MR) is 66.1 cm³/mol. The highest BCUT2D eigenvalue weighted by atomic mass is 16.6. The maximum atomic E-state index is 12.4. The summed E-state index contributed by atoms with van der Waals surface area (Å²) in [5.41, 5.74) is -0.268. The van der Waals surface area contributed by atoms with Gasteiger partial charge in [0.2, 0.25) is 0 Å². The molecule has 0 spiro atoms. The number of phenolic OH excluding ortho intramolecular Hbond substituents is 1. The third-order valence-corrected chi connectivity index (χ3v) is 2.72. The number of hydrogen-bond donors (Lipinski definition) is 3. The van der Waals surface area contributed by atoms with Crippen molar-refractivity contribution >= 4 is 23.3 Å². The first-order valence-electron chi connectivity index (χ1n) is 5.34. The maximum absolute atomic E-state index is 12.4. The molecule has 0 saturated heterocycles. The van der Waals surface area contributed by atoms with E-state index in [1.807, 2.05) is 0 Å². The molecule has 2 rings (SSSR count). The number of carboxylic acid groups (broad SMARTS) is 1. The number of rotatable bonds is 2. The number of carbonyl (C=O) groups is 2. The Balaban J connectivity index is 2.50. The topological polar surface area (TPSA) is 122 Å². The molecule has 1 aromatic carbocycles. The molecule has 0 aromatic heterocycles. The third-order valence-electron chi connectivity index (χ3n) is 2.72. The summed E-state index contributed by atoms with van der Waals surface area (Å²) in [4.78, 5) is 22.1. The first kappa shape index (κ1) is 13.0. The van der Waals surface area contributed by atoms with Gasteiger partial charge in [-0.1, -0.05) is 5.10 Å². The Morgan fingerprint density at radius 2 is 2.21 bits per heavy atom. The Kier molecular flexibility index (Phi) is 2.97. The number of hydroxylamine groups is 1. The molecule has 0 saturated carbocycles. The minimum atomic E-state index is -1.56. The quantitative estimate of drug-likeness (QED) is 0.514. The van der Waals surface area contributed by atoms with Crippen LogP contribution < -0.4 is 10.1 Å². The van der Waals surface area contributed by atoms with Gasteiger partial charge < -0.3 is 20.7 Å². The van der Waals surface area contributed by atoms with Gasteiger partial charge in [0.05, 0.1) is 0 Å². The van der Waals surface area contributed by atoms with Gasteiger partial charge >= 0.3 is 5.97 Å². The highest BCUT2D eigenvalue weighted by Crippen LogP contribution is 2.28. The lowest BCUT2D eigenvalue weighted by atomic mass is 10.2. The molecule has 1 aromatic rings. The molecular formula is C11H11N3O5. The van der Waals surface area contributed by atoms with E-state index in [9.17, 15) is 19.9 Å². The number of phenols is 1. The zero-order valence-electron chi connectivity index (χ0n) is 9.95. The zero-order chi connectivity index (χ0) is 14.2. The lowest BCUT2D eigenvalue weighted by molar-refractivity contribution is -0.131. The number of nitrogens with one attached hydrogen (secondary N) is 1. The second kappa shape index (κ2) is 4.34. The normalized spacial score (nSPS) is 22.6. The summed E-state index contributed by atoms with van der Waals surface area (Å²) < 4.78 is -1.37. The number of aryl methyl sites for hydroxylation is 1. The average molecular weight is 265 g/mol. The Hall–Kier alpha value is -2.45. The summed E-state index contributed by atoms with van der Waals surface area (Å²) in [6, 6.07) is 4.04. The van der Waals surface area contributed by atoms with E-state index in [1.54, 1.807) is 6.92 Å². The number of hydrogen-bond acceptors (Lipinski definition) is 5. The molecule has 1 aliphatic heterocycles. The molecular weight excluding hydrogens is 254 g/mol. The average Bonchev–Trinajstić information content (AvgIpc) is 2.35. The van der Waals surface area contributed by atoms with Gasteiger partial charge in [-0.2, -0.15) is 4.76 Å². The van der Waals surface area contributed by atoms with E-state index in [2.05, 4.69) is 10.4 Å². The molecule has 8 heteroatoms. The lowest BCUT2D eigenvalue weighted by Gasteiger charge is -2.37. The van der Waals surface area contributed by atoms with Crippen molar-refractivity contribution in [1.82, 2.24) is 10.1 Å². The number of quaternary nitrogens is 1. The number of aliphatic carboxylic acids is 1. The Morgan fingerprint density at radius 1 is 1.53 bits per heavy atom. The molecule has 8 nitrogen and oxygen atoms in total. The smallest absolute Gasteiger partial charge is 0.365 e. The van der Waals surface area contributed by atoms with E-state index in [-0.39, 0.29) is 11.4 Å². The number of nitrogens with zero attached hydrogens (tertiary/aromatic N) is 2. The van der Waals surface area contributed by atoms with E-state index >= 15 is 0 Å². The van der Waals surface area contributed by atoms with Crippen LogP contribution in [0.15, 0.2) is 23.3 Å². The van der Waals surface area contributed by atoms with E-state index < -0.39 is 29.0 Å². The van der Waals surface area contributed by atoms with E-state index in [4.69, 9.17) is 5.11 Å². The predicted octanol–water partition coefficient (Wildman–Crippen LogP) is 0.0336. The van der Waals surface area contributed by atoms with Crippen molar-refractivity contribution < 1.29 is 19.8 Å². The van der Waals surface area contributed by atoms with E-state index in [0.29, 0.717) is 5.56 Å². The van der Waals surface area contributed by atoms with Gasteiger partial charge in [-0.15, -0.1) is 0 Å². The molecule has 0 aliphatic carbocycles. The van der Waals surface area contributed by atoms with Crippen LogP contribution in [-0.2, 0) is 9.59 Å². The first-order valence-corrected chi connectivity index (χ1v) is 5.34. The van der Waals surface area contributed by atoms with Crippen molar-refractivity contribution in [3.05, 3.63) is 29.0 Å². The Morgan fingerprint density at radius 3 is 2.79 bits per heavy atom. The third kappa shape index (κ3) is 2.26. The molecule has 1 heterocycles. The lowest BCUT2D eigenvalue weighted by Crippen LogP contribution is -2.56. The Labute approximate surface area is 107 Å². The van der Waals surface area contributed by atoms with Gasteiger partial charge in [-0.25, -0.2) is 4.79 Å². The van der Waals surface area contributed by atoms with Crippen molar-refractivity contribution in [2.75, 3.05) is 6.67 Å². The van der Waals surface area contributed by atoms with Gasteiger partial charge in [0.1, 0.15) is 5.75 Å². The van der Waals surface area contributed by atoms with E-state index in [0.717, 1.165) is 0 Å². The van der Waals surface area contributed by atoms with Crippen molar-refractivity contribution in [2.45, 2.75) is 6.92 Å².